The summed E-state index contributed by atoms with van der Waals surface area (Å²) < 4.78 is 0. The fraction of sp³-hybridized carbons (Fsp3) is 0.174. The first-order valence-corrected chi connectivity index (χ1v) is 9.00. The molecule has 0 spiro atoms. The van der Waals surface area contributed by atoms with Crippen LogP contribution >= 0.6 is 0 Å². The third kappa shape index (κ3) is 5.03. The molecule has 0 bridgehead atoms. The number of hydrogen-bond donors (Lipinski definition) is 2. The number of amides is 1. The van der Waals surface area contributed by atoms with Crippen molar-refractivity contribution in [3.63, 3.8) is 0 Å². The molecule has 0 saturated carbocycles. The van der Waals surface area contributed by atoms with Gasteiger partial charge in [0, 0.05) is 13.1 Å². The van der Waals surface area contributed by atoms with E-state index in [-0.39, 0.29) is 5.91 Å². The van der Waals surface area contributed by atoms with Gasteiger partial charge in [-0.25, -0.2) is 0 Å². The lowest BCUT2D eigenvalue weighted by molar-refractivity contribution is -0.142. The van der Waals surface area contributed by atoms with Gasteiger partial charge in [-0.2, -0.15) is 0 Å². The Morgan fingerprint density at radius 1 is 0.778 bits per heavy atom. The molecule has 3 aromatic carbocycles. The molecule has 0 heterocycles. The molecule has 3 aromatic rings. The van der Waals surface area contributed by atoms with Gasteiger partial charge in [0.25, 0.3) is 5.91 Å². The summed E-state index contributed by atoms with van der Waals surface area (Å²) in [5.74, 6) is -0.376. The van der Waals surface area contributed by atoms with Crippen molar-refractivity contribution in [2.75, 3.05) is 0 Å². The summed E-state index contributed by atoms with van der Waals surface area (Å²) in [5.41, 5.74) is 8.90. The number of aliphatic hydroxyl groups is 1. The molecule has 0 saturated heterocycles. The van der Waals surface area contributed by atoms with E-state index in [4.69, 9.17) is 5.73 Å². The lowest BCUT2D eigenvalue weighted by Gasteiger charge is -2.28. The van der Waals surface area contributed by atoms with E-state index >= 15 is 0 Å². The highest BCUT2D eigenvalue weighted by Gasteiger charge is 2.28. The summed E-state index contributed by atoms with van der Waals surface area (Å²) in [7, 11) is 0. The first kappa shape index (κ1) is 18.8. The van der Waals surface area contributed by atoms with Crippen molar-refractivity contribution in [3.8, 4) is 0 Å². The first-order chi connectivity index (χ1) is 13.1. The number of carbonyl (C=O) groups excluding carboxylic acids is 1. The molecule has 1 unspecified atom stereocenters. The van der Waals surface area contributed by atoms with Crippen molar-refractivity contribution in [1.29, 1.82) is 0 Å². The molecule has 0 aliphatic carbocycles. The van der Waals surface area contributed by atoms with Crippen molar-refractivity contribution in [3.05, 3.63) is 108 Å². The third-order valence-electron chi connectivity index (χ3n) is 4.52. The number of nitrogens with zero attached hydrogens (tertiary/aromatic N) is 1. The van der Waals surface area contributed by atoms with Crippen LogP contribution in [0.4, 0.5) is 0 Å². The highest BCUT2D eigenvalue weighted by molar-refractivity contribution is 5.81. The average Bonchev–Trinajstić information content (AvgIpc) is 2.74. The topological polar surface area (TPSA) is 66.6 Å². The highest BCUT2D eigenvalue weighted by atomic mass is 16.3. The van der Waals surface area contributed by atoms with Crippen LogP contribution in [0.25, 0.3) is 0 Å². The molecule has 0 aliphatic heterocycles. The van der Waals surface area contributed by atoms with Gasteiger partial charge in [0.05, 0.1) is 6.04 Å². The number of benzene rings is 3. The van der Waals surface area contributed by atoms with Gasteiger partial charge in [-0.05, 0) is 16.7 Å². The second-order valence-electron chi connectivity index (χ2n) is 6.55. The van der Waals surface area contributed by atoms with Crippen LogP contribution in [0.1, 0.15) is 22.7 Å². The van der Waals surface area contributed by atoms with Crippen LogP contribution < -0.4 is 5.73 Å². The Morgan fingerprint density at radius 3 is 1.63 bits per heavy atom. The van der Waals surface area contributed by atoms with E-state index in [0.29, 0.717) is 13.1 Å². The number of hydrogen-bond acceptors (Lipinski definition) is 3. The van der Waals surface area contributed by atoms with Gasteiger partial charge in [-0.15, -0.1) is 0 Å². The lowest BCUT2D eigenvalue weighted by Crippen LogP contribution is -2.43. The Bertz CT molecular complexity index is 797. The summed E-state index contributed by atoms with van der Waals surface area (Å²) in [6, 6.07) is 27.9. The van der Waals surface area contributed by atoms with Crippen LogP contribution in [-0.4, -0.2) is 22.0 Å². The molecule has 3 N–H and O–H groups in total. The van der Waals surface area contributed by atoms with Gasteiger partial charge < -0.3 is 15.7 Å². The third-order valence-corrected chi connectivity index (χ3v) is 4.52. The molecule has 4 heteroatoms. The zero-order valence-electron chi connectivity index (χ0n) is 15.1. The van der Waals surface area contributed by atoms with E-state index in [0.717, 1.165) is 16.7 Å². The van der Waals surface area contributed by atoms with Crippen LogP contribution in [-0.2, 0) is 17.9 Å². The monoisotopic (exact) mass is 360 g/mol. The minimum Gasteiger partial charge on any atom is -0.381 e. The summed E-state index contributed by atoms with van der Waals surface area (Å²) >= 11 is 0. The normalized spacial score (nSPS) is 13.0. The maximum Gasteiger partial charge on any atom is 0.253 e. The fourth-order valence-corrected chi connectivity index (χ4v) is 3.02. The van der Waals surface area contributed by atoms with Gasteiger partial charge in [-0.3, -0.25) is 4.79 Å². The molecule has 0 aromatic heterocycles. The van der Waals surface area contributed by atoms with Crippen LogP contribution in [0, 0.1) is 0 Å². The average molecular weight is 360 g/mol. The van der Waals surface area contributed by atoms with E-state index in [9.17, 15) is 9.90 Å². The second kappa shape index (κ2) is 9.12. The van der Waals surface area contributed by atoms with E-state index < -0.39 is 12.1 Å². The van der Waals surface area contributed by atoms with Crippen LogP contribution in [0.2, 0.25) is 0 Å². The van der Waals surface area contributed by atoms with Crippen molar-refractivity contribution >= 4 is 5.91 Å². The van der Waals surface area contributed by atoms with Gasteiger partial charge in [0.1, 0.15) is 0 Å². The maximum atomic E-state index is 13.1. The summed E-state index contributed by atoms with van der Waals surface area (Å²) in [6.07, 6.45) is -1.31. The number of carbonyl (C=O) groups is 1. The summed E-state index contributed by atoms with van der Waals surface area (Å²) in [6.45, 7) is 0.820. The molecule has 0 aliphatic rings. The number of aliphatic hydroxyl groups excluding tert-OH is 1. The van der Waals surface area contributed by atoms with Crippen LogP contribution in [0.5, 0.6) is 0 Å². The van der Waals surface area contributed by atoms with Crippen molar-refractivity contribution in [2.45, 2.75) is 25.2 Å². The lowest BCUT2D eigenvalue weighted by atomic mass is 10.0. The predicted octanol–water partition coefficient (Wildman–Crippen LogP) is 3.28. The van der Waals surface area contributed by atoms with Gasteiger partial charge in [0.2, 0.25) is 0 Å². The predicted molar refractivity (Wildman–Crippen MR) is 107 cm³/mol. The maximum absolute atomic E-state index is 13.1. The zero-order valence-corrected chi connectivity index (χ0v) is 15.1. The SMILES string of the molecule is N[C@H](c1ccccc1)C(O)C(=O)N(Cc1ccccc1)Cc1ccccc1. The molecule has 138 valence electrons. The molecular formula is C23H24N2O2. The van der Waals surface area contributed by atoms with E-state index in [1.165, 1.54) is 0 Å². The molecule has 4 nitrogen and oxygen atoms in total. The molecule has 0 radical (unpaired) electrons. The number of rotatable bonds is 7. The fourth-order valence-electron chi connectivity index (χ4n) is 3.02. The molecule has 3 rings (SSSR count). The minimum absolute atomic E-state index is 0.376. The second-order valence-corrected chi connectivity index (χ2v) is 6.55. The van der Waals surface area contributed by atoms with E-state index in [1.807, 2.05) is 91.0 Å². The Kier molecular flexibility index (Phi) is 6.36. The van der Waals surface area contributed by atoms with Crippen LogP contribution in [0.3, 0.4) is 0 Å². The standard InChI is InChI=1S/C23H24N2O2/c24-21(20-14-8-3-9-15-20)22(26)23(27)25(16-18-10-4-1-5-11-18)17-19-12-6-2-7-13-19/h1-15,21-22,26H,16-17,24H2/t21-,22?/m1/s1. The molecule has 27 heavy (non-hydrogen) atoms. The quantitative estimate of drug-likeness (QED) is 0.679. The zero-order chi connectivity index (χ0) is 19.1. The van der Waals surface area contributed by atoms with Crippen LogP contribution in [0.15, 0.2) is 91.0 Å². The molecule has 2 atom stereocenters. The minimum atomic E-state index is -1.31. The Labute approximate surface area is 159 Å². The van der Waals surface area contributed by atoms with E-state index in [1.54, 1.807) is 4.90 Å². The molecule has 1 amide bonds. The molecule has 0 fully saturated rings. The van der Waals surface area contributed by atoms with Gasteiger partial charge in [-0.1, -0.05) is 91.0 Å². The Hall–Kier alpha value is -2.95. The summed E-state index contributed by atoms with van der Waals surface area (Å²) in [4.78, 5) is 14.7. The first-order valence-electron chi connectivity index (χ1n) is 9.00. The van der Waals surface area contributed by atoms with Crippen molar-refractivity contribution in [2.24, 2.45) is 5.73 Å². The molecular weight excluding hydrogens is 336 g/mol. The van der Waals surface area contributed by atoms with E-state index in [2.05, 4.69) is 0 Å². The number of nitrogens with two attached hydrogens (primary N) is 1. The Balaban J connectivity index is 1.81. The largest absolute Gasteiger partial charge is 0.381 e. The summed E-state index contributed by atoms with van der Waals surface area (Å²) in [5, 5.41) is 10.6. The van der Waals surface area contributed by atoms with Crippen molar-refractivity contribution < 1.29 is 9.90 Å². The Morgan fingerprint density at radius 2 is 1.19 bits per heavy atom. The smallest absolute Gasteiger partial charge is 0.253 e. The van der Waals surface area contributed by atoms with Gasteiger partial charge >= 0.3 is 0 Å². The van der Waals surface area contributed by atoms with Crippen molar-refractivity contribution in [1.82, 2.24) is 4.90 Å². The van der Waals surface area contributed by atoms with Gasteiger partial charge in [0.15, 0.2) is 6.10 Å². The highest BCUT2D eigenvalue weighted by Crippen LogP contribution is 2.18.